The Hall–Kier alpha value is -2.82. The number of fused-ring (bicyclic) bond motifs is 1. The summed E-state index contributed by atoms with van der Waals surface area (Å²) in [4.78, 5) is 16.1. The molecule has 0 fully saturated rings. The molecule has 0 aliphatic heterocycles. The molecule has 0 unspecified atom stereocenters. The number of methoxy groups -OCH3 is 1. The summed E-state index contributed by atoms with van der Waals surface area (Å²) in [5.41, 5.74) is 3.54. The lowest BCUT2D eigenvalue weighted by atomic mass is 10.1. The lowest BCUT2D eigenvalue weighted by Crippen LogP contribution is -2.27. The number of nitrogens with one attached hydrogen (secondary N) is 1. The maximum Gasteiger partial charge on any atom is 0.224 e. The highest BCUT2D eigenvalue weighted by molar-refractivity contribution is 5.80. The van der Waals surface area contributed by atoms with Crippen molar-refractivity contribution in [1.82, 2.24) is 10.3 Å². The summed E-state index contributed by atoms with van der Waals surface area (Å²) in [6.07, 6.45) is 2.50. The molecule has 1 heterocycles. The Kier molecular flexibility index (Phi) is 4.57. The predicted molar refractivity (Wildman–Crippen MR) is 87.4 cm³/mol. The van der Waals surface area contributed by atoms with Gasteiger partial charge in [0, 0.05) is 6.54 Å². The Balaban J connectivity index is 1.51. The van der Waals surface area contributed by atoms with Crippen LogP contribution in [0.5, 0.6) is 5.75 Å². The zero-order chi connectivity index (χ0) is 16.1. The molecule has 118 valence electrons. The second-order valence-electron chi connectivity index (χ2n) is 5.28. The third-order valence-corrected chi connectivity index (χ3v) is 3.63. The molecule has 1 aromatic heterocycles. The molecule has 0 saturated heterocycles. The number of ether oxygens (including phenoxy) is 1. The van der Waals surface area contributed by atoms with Gasteiger partial charge >= 0.3 is 0 Å². The first-order valence-corrected chi connectivity index (χ1v) is 7.46. The SMILES string of the molecule is COc1cccc(CCNC(=O)Cc2ccc3ncoc3c2)c1. The fourth-order valence-electron chi connectivity index (χ4n) is 2.43. The van der Waals surface area contributed by atoms with Crippen molar-refractivity contribution >= 4 is 17.0 Å². The van der Waals surface area contributed by atoms with Gasteiger partial charge < -0.3 is 14.5 Å². The molecule has 5 nitrogen and oxygen atoms in total. The third kappa shape index (κ3) is 3.88. The van der Waals surface area contributed by atoms with E-state index < -0.39 is 0 Å². The van der Waals surface area contributed by atoms with Gasteiger partial charge in [0.1, 0.15) is 11.3 Å². The van der Waals surface area contributed by atoms with Crippen molar-refractivity contribution in [3.63, 3.8) is 0 Å². The smallest absolute Gasteiger partial charge is 0.224 e. The van der Waals surface area contributed by atoms with E-state index in [1.54, 1.807) is 7.11 Å². The monoisotopic (exact) mass is 310 g/mol. The summed E-state index contributed by atoms with van der Waals surface area (Å²) in [6.45, 7) is 0.594. The number of hydrogen-bond acceptors (Lipinski definition) is 4. The van der Waals surface area contributed by atoms with Gasteiger partial charge in [0.25, 0.3) is 0 Å². The van der Waals surface area contributed by atoms with E-state index in [0.29, 0.717) is 18.5 Å². The van der Waals surface area contributed by atoms with Crippen LogP contribution in [-0.4, -0.2) is 24.5 Å². The van der Waals surface area contributed by atoms with Crippen LogP contribution in [0, 0.1) is 0 Å². The van der Waals surface area contributed by atoms with Crippen LogP contribution in [0.1, 0.15) is 11.1 Å². The minimum absolute atomic E-state index is 0.00763. The van der Waals surface area contributed by atoms with Gasteiger partial charge in [-0.25, -0.2) is 4.98 Å². The molecule has 0 spiro atoms. The van der Waals surface area contributed by atoms with E-state index in [0.717, 1.165) is 28.8 Å². The summed E-state index contributed by atoms with van der Waals surface area (Å²) < 4.78 is 10.4. The lowest BCUT2D eigenvalue weighted by molar-refractivity contribution is -0.120. The highest BCUT2D eigenvalue weighted by atomic mass is 16.5. The Morgan fingerprint density at radius 1 is 1.22 bits per heavy atom. The molecule has 1 amide bonds. The van der Waals surface area contributed by atoms with Gasteiger partial charge in [-0.2, -0.15) is 0 Å². The molecule has 0 aliphatic carbocycles. The number of aromatic nitrogens is 1. The molecule has 0 aliphatic rings. The van der Waals surface area contributed by atoms with Crippen LogP contribution < -0.4 is 10.1 Å². The maximum atomic E-state index is 12.0. The number of nitrogens with zero attached hydrogens (tertiary/aromatic N) is 1. The summed E-state index contributed by atoms with van der Waals surface area (Å²) in [7, 11) is 1.65. The first kappa shape index (κ1) is 15.1. The van der Waals surface area contributed by atoms with Crippen molar-refractivity contribution in [2.75, 3.05) is 13.7 Å². The zero-order valence-corrected chi connectivity index (χ0v) is 12.9. The lowest BCUT2D eigenvalue weighted by Gasteiger charge is -2.07. The fraction of sp³-hybridized carbons (Fsp3) is 0.222. The van der Waals surface area contributed by atoms with Crippen LogP contribution >= 0.6 is 0 Å². The summed E-state index contributed by atoms with van der Waals surface area (Å²) in [5, 5.41) is 2.93. The average Bonchev–Trinajstić information content (AvgIpc) is 3.02. The van der Waals surface area contributed by atoms with Gasteiger partial charge in [-0.3, -0.25) is 4.79 Å². The van der Waals surface area contributed by atoms with Gasteiger partial charge in [0.2, 0.25) is 5.91 Å². The first-order chi connectivity index (χ1) is 11.2. The minimum Gasteiger partial charge on any atom is -0.497 e. The molecule has 23 heavy (non-hydrogen) atoms. The van der Waals surface area contributed by atoms with Gasteiger partial charge in [-0.1, -0.05) is 18.2 Å². The number of hydrogen-bond donors (Lipinski definition) is 1. The van der Waals surface area contributed by atoms with E-state index in [4.69, 9.17) is 9.15 Å². The molecule has 0 radical (unpaired) electrons. The van der Waals surface area contributed by atoms with E-state index in [9.17, 15) is 4.79 Å². The number of benzene rings is 2. The largest absolute Gasteiger partial charge is 0.497 e. The Labute approximate surface area is 134 Å². The van der Waals surface area contributed by atoms with Crippen molar-refractivity contribution in [1.29, 1.82) is 0 Å². The van der Waals surface area contributed by atoms with Crippen LogP contribution in [-0.2, 0) is 17.6 Å². The average molecular weight is 310 g/mol. The Morgan fingerprint density at radius 3 is 3.00 bits per heavy atom. The first-order valence-electron chi connectivity index (χ1n) is 7.46. The molecule has 0 saturated carbocycles. The van der Waals surface area contributed by atoms with Gasteiger partial charge in [0.15, 0.2) is 12.0 Å². The van der Waals surface area contributed by atoms with E-state index in [-0.39, 0.29) is 5.91 Å². The minimum atomic E-state index is -0.00763. The van der Waals surface area contributed by atoms with Crippen molar-refractivity contribution in [2.24, 2.45) is 0 Å². The number of carbonyl (C=O) groups excluding carboxylic acids is 1. The highest BCUT2D eigenvalue weighted by Crippen LogP contribution is 2.15. The van der Waals surface area contributed by atoms with Crippen molar-refractivity contribution in [3.05, 3.63) is 60.0 Å². The molecule has 0 atom stereocenters. The fourth-order valence-corrected chi connectivity index (χ4v) is 2.43. The topological polar surface area (TPSA) is 64.4 Å². The second-order valence-corrected chi connectivity index (χ2v) is 5.28. The van der Waals surface area contributed by atoms with Crippen LogP contribution in [0.15, 0.2) is 53.3 Å². The van der Waals surface area contributed by atoms with Gasteiger partial charge in [0.05, 0.1) is 13.5 Å². The summed E-state index contributed by atoms with van der Waals surface area (Å²) in [5.74, 6) is 0.820. The highest BCUT2D eigenvalue weighted by Gasteiger charge is 2.06. The molecule has 1 N–H and O–H groups in total. The standard InChI is InChI=1S/C18H18N2O3/c1-22-15-4-2-3-13(9-15)7-8-19-18(21)11-14-5-6-16-17(10-14)23-12-20-16/h2-6,9-10,12H,7-8,11H2,1H3,(H,19,21). The van der Waals surface area contributed by atoms with Gasteiger partial charge in [-0.15, -0.1) is 0 Å². The maximum absolute atomic E-state index is 12.0. The van der Waals surface area contributed by atoms with E-state index in [1.807, 2.05) is 42.5 Å². The van der Waals surface area contributed by atoms with Crippen LogP contribution in [0.2, 0.25) is 0 Å². The van der Waals surface area contributed by atoms with Crippen molar-refractivity contribution in [2.45, 2.75) is 12.8 Å². The Bertz CT molecular complexity index is 811. The number of amides is 1. The molecule has 3 rings (SSSR count). The number of rotatable bonds is 6. The number of carbonyl (C=O) groups is 1. The van der Waals surface area contributed by atoms with Crippen molar-refractivity contribution in [3.8, 4) is 5.75 Å². The van der Waals surface area contributed by atoms with Crippen LogP contribution in [0.3, 0.4) is 0 Å². The molecule has 2 aromatic carbocycles. The quantitative estimate of drug-likeness (QED) is 0.760. The Morgan fingerprint density at radius 2 is 2.13 bits per heavy atom. The molecular weight excluding hydrogens is 292 g/mol. The summed E-state index contributed by atoms with van der Waals surface area (Å²) >= 11 is 0. The normalized spacial score (nSPS) is 10.7. The van der Waals surface area contributed by atoms with Crippen LogP contribution in [0.4, 0.5) is 0 Å². The zero-order valence-electron chi connectivity index (χ0n) is 12.9. The number of oxazole rings is 1. The van der Waals surface area contributed by atoms with E-state index in [1.165, 1.54) is 6.39 Å². The summed E-state index contributed by atoms with van der Waals surface area (Å²) in [6, 6.07) is 13.5. The van der Waals surface area contributed by atoms with Crippen molar-refractivity contribution < 1.29 is 13.9 Å². The molecule has 0 bridgehead atoms. The van der Waals surface area contributed by atoms with Crippen LogP contribution in [0.25, 0.3) is 11.1 Å². The molecular formula is C18H18N2O3. The van der Waals surface area contributed by atoms with E-state index >= 15 is 0 Å². The second kappa shape index (κ2) is 6.96. The van der Waals surface area contributed by atoms with Gasteiger partial charge in [-0.05, 0) is 41.8 Å². The molecule has 3 aromatic rings. The molecule has 5 heteroatoms. The van der Waals surface area contributed by atoms with E-state index in [2.05, 4.69) is 10.3 Å². The third-order valence-electron chi connectivity index (χ3n) is 3.63. The predicted octanol–water partition coefficient (Wildman–Crippen LogP) is 2.74.